The molecule has 0 aromatic carbocycles. The molecule has 0 amide bonds. The van der Waals surface area contributed by atoms with Crippen molar-refractivity contribution in [2.45, 2.75) is 83.0 Å². The normalized spacial score (nSPS) is 28.0. The minimum absolute atomic E-state index is 0.299. The summed E-state index contributed by atoms with van der Waals surface area (Å²) in [5.41, 5.74) is 1.51. The van der Waals surface area contributed by atoms with Crippen LogP contribution in [-0.4, -0.2) is 61.0 Å². The zero-order valence-electron chi connectivity index (χ0n) is 19.0. The van der Waals surface area contributed by atoms with Crippen molar-refractivity contribution in [1.82, 2.24) is 9.88 Å². The molecule has 2 aromatic rings. The summed E-state index contributed by atoms with van der Waals surface area (Å²) in [4.78, 5) is 10.0. The van der Waals surface area contributed by atoms with Gasteiger partial charge in [0.15, 0.2) is 0 Å². The van der Waals surface area contributed by atoms with Crippen molar-refractivity contribution in [2.75, 3.05) is 32.9 Å². The molecule has 2 aliphatic carbocycles. The van der Waals surface area contributed by atoms with Gasteiger partial charge < -0.3 is 14.2 Å². The molecule has 3 aliphatic rings. The molecule has 1 aliphatic heterocycles. The molecular weight excluding hydrogens is 408 g/mol. The number of hydrogen-bond donors (Lipinski definition) is 0. The van der Waals surface area contributed by atoms with Gasteiger partial charge in [-0.3, -0.25) is 4.90 Å². The van der Waals surface area contributed by atoms with Crippen LogP contribution in [0.25, 0.3) is 10.2 Å². The molecule has 1 saturated heterocycles. The lowest BCUT2D eigenvalue weighted by Gasteiger charge is -2.38. The smallest absolute Gasteiger partial charge is 0.131 e. The van der Waals surface area contributed by atoms with Crippen LogP contribution in [0.1, 0.15) is 68.7 Å². The predicted octanol–water partition coefficient (Wildman–Crippen LogP) is 5.16. The second kappa shape index (κ2) is 9.74. The van der Waals surface area contributed by atoms with Crippen molar-refractivity contribution in [2.24, 2.45) is 0 Å². The lowest BCUT2D eigenvalue weighted by molar-refractivity contribution is -0.000921. The first-order chi connectivity index (χ1) is 15.2. The van der Waals surface area contributed by atoms with E-state index >= 15 is 0 Å². The van der Waals surface area contributed by atoms with Crippen molar-refractivity contribution < 1.29 is 14.2 Å². The van der Waals surface area contributed by atoms with Gasteiger partial charge in [-0.25, -0.2) is 4.98 Å². The zero-order chi connectivity index (χ0) is 21.2. The quantitative estimate of drug-likeness (QED) is 0.590. The van der Waals surface area contributed by atoms with Gasteiger partial charge in [-0.15, -0.1) is 11.3 Å². The third-order valence-electron chi connectivity index (χ3n) is 7.36. The fourth-order valence-corrected chi connectivity index (χ4v) is 7.13. The van der Waals surface area contributed by atoms with Crippen LogP contribution in [-0.2, 0) is 15.9 Å². The number of aryl methyl sites for hydroxylation is 1. The molecule has 1 saturated carbocycles. The Balaban J connectivity index is 1.30. The van der Waals surface area contributed by atoms with E-state index in [0.29, 0.717) is 24.2 Å². The van der Waals surface area contributed by atoms with E-state index in [1.54, 1.807) is 0 Å². The fourth-order valence-electron chi connectivity index (χ4n) is 5.87. The van der Waals surface area contributed by atoms with Crippen LogP contribution in [0, 0.1) is 0 Å². The maximum absolute atomic E-state index is 6.68. The summed E-state index contributed by atoms with van der Waals surface area (Å²) < 4.78 is 18.1. The molecule has 0 unspecified atom stereocenters. The van der Waals surface area contributed by atoms with E-state index in [9.17, 15) is 0 Å². The van der Waals surface area contributed by atoms with E-state index in [2.05, 4.69) is 24.8 Å². The van der Waals surface area contributed by atoms with Crippen LogP contribution in [0.4, 0.5) is 0 Å². The lowest BCUT2D eigenvalue weighted by atomic mass is 9.91. The number of pyridine rings is 1. The molecule has 31 heavy (non-hydrogen) atoms. The highest BCUT2D eigenvalue weighted by Gasteiger charge is 2.32. The Morgan fingerprint density at radius 3 is 2.77 bits per heavy atom. The van der Waals surface area contributed by atoms with Crippen LogP contribution in [0.5, 0.6) is 5.75 Å². The average molecular weight is 445 g/mol. The standard InChI is InChI=1S/C25H36N2O3S/c1-3-29-17(2)16-18-4-9-22-23(18)24-21(10-11-26-25(24)31-22)30-20-7-5-19(6-8-20)27-12-14-28-15-13-27/h10-11,17-20H,3-9,12-16H2,1-2H3/t17-,18-,19?,20?/m1/s1. The molecule has 6 heteroatoms. The average Bonchev–Trinajstić information content (AvgIpc) is 3.35. The summed E-state index contributed by atoms with van der Waals surface area (Å²) >= 11 is 1.88. The van der Waals surface area contributed by atoms with Crippen molar-refractivity contribution in [3.8, 4) is 5.75 Å². The molecule has 3 heterocycles. The Morgan fingerprint density at radius 2 is 2.00 bits per heavy atom. The minimum atomic E-state index is 0.299. The highest BCUT2D eigenvalue weighted by atomic mass is 32.1. The molecule has 2 atom stereocenters. The Labute approximate surface area is 190 Å². The van der Waals surface area contributed by atoms with Gasteiger partial charge in [-0.05, 0) is 76.3 Å². The summed E-state index contributed by atoms with van der Waals surface area (Å²) in [7, 11) is 0. The topological polar surface area (TPSA) is 43.8 Å². The number of ether oxygens (including phenoxy) is 3. The molecule has 170 valence electrons. The van der Waals surface area contributed by atoms with Crippen molar-refractivity contribution in [1.29, 1.82) is 0 Å². The SMILES string of the molecule is CCO[C@H](C)C[C@H]1CCc2sc3nccc(OC4CCC(N5CCOCC5)CC4)c3c21. The van der Waals surface area contributed by atoms with Crippen molar-refractivity contribution in [3.63, 3.8) is 0 Å². The molecular formula is C25H36N2O3S. The van der Waals surface area contributed by atoms with E-state index < -0.39 is 0 Å². The number of aromatic nitrogens is 1. The fraction of sp³-hybridized carbons (Fsp3) is 0.720. The van der Waals surface area contributed by atoms with Gasteiger partial charge in [0.2, 0.25) is 0 Å². The molecule has 2 aromatic heterocycles. The molecule has 0 radical (unpaired) electrons. The first-order valence-electron chi connectivity index (χ1n) is 12.2. The van der Waals surface area contributed by atoms with Crippen LogP contribution < -0.4 is 4.74 Å². The summed E-state index contributed by atoms with van der Waals surface area (Å²) in [6.07, 6.45) is 10.8. The number of rotatable bonds is 7. The first-order valence-corrected chi connectivity index (χ1v) is 13.0. The van der Waals surface area contributed by atoms with E-state index in [1.165, 1.54) is 41.5 Å². The summed E-state index contributed by atoms with van der Waals surface area (Å²) in [6.45, 7) is 9.02. The van der Waals surface area contributed by atoms with Crippen LogP contribution >= 0.6 is 11.3 Å². The van der Waals surface area contributed by atoms with Crippen LogP contribution in [0.2, 0.25) is 0 Å². The molecule has 5 nitrogen and oxygen atoms in total. The summed E-state index contributed by atoms with van der Waals surface area (Å²) in [6, 6.07) is 2.81. The molecule has 5 rings (SSSR count). The largest absolute Gasteiger partial charge is 0.490 e. The Bertz CT molecular complexity index is 871. The number of thiophene rings is 1. The van der Waals surface area contributed by atoms with Gasteiger partial charge in [0, 0.05) is 36.8 Å². The van der Waals surface area contributed by atoms with Crippen molar-refractivity contribution in [3.05, 3.63) is 22.7 Å². The minimum Gasteiger partial charge on any atom is -0.490 e. The van der Waals surface area contributed by atoms with E-state index in [4.69, 9.17) is 19.2 Å². The zero-order valence-corrected chi connectivity index (χ0v) is 19.8. The second-order valence-electron chi connectivity index (χ2n) is 9.36. The van der Waals surface area contributed by atoms with Gasteiger partial charge in [-0.2, -0.15) is 0 Å². The number of fused-ring (bicyclic) bond motifs is 3. The molecule has 0 N–H and O–H groups in total. The summed E-state index contributed by atoms with van der Waals surface area (Å²) in [5.74, 6) is 1.63. The Kier molecular flexibility index (Phi) is 6.79. The maximum Gasteiger partial charge on any atom is 0.131 e. The highest BCUT2D eigenvalue weighted by molar-refractivity contribution is 7.19. The lowest BCUT2D eigenvalue weighted by Crippen LogP contribution is -2.46. The Hall–Kier alpha value is -1.21. The van der Waals surface area contributed by atoms with Crippen LogP contribution in [0.15, 0.2) is 12.3 Å². The predicted molar refractivity (Wildman–Crippen MR) is 125 cm³/mol. The van der Waals surface area contributed by atoms with Gasteiger partial charge in [0.25, 0.3) is 0 Å². The van der Waals surface area contributed by atoms with E-state index in [-0.39, 0.29) is 0 Å². The third kappa shape index (κ3) is 4.63. The van der Waals surface area contributed by atoms with E-state index in [0.717, 1.165) is 62.8 Å². The van der Waals surface area contributed by atoms with Gasteiger partial charge in [-0.1, -0.05) is 0 Å². The van der Waals surface area contributed by atoms with Gasteiger partial charge in [0.05, 0.1) is 30.8 Å². The Morgan fingerprint density at radius 1 is 1.19 bits per heavy atom. The van der Waals surface area contributed by atoms with E-state index in [1.807, 2.05) is 17.5 Å². The number of morpholine rings is 1. The third-order valence-corrected chi connectivity index (χ3v) is 8.54. The summed E-state index contributed by atoms with van der Waals surface area (Å²) in [5, 5.41) is 1.30. The van der Waals surface area contributed by atoms with Crippen molar-refractivity contribution >= 4 is 21.6 Å². The van der Waals surface area contributed by atoms with Gasteiger partial charge in [0.1, 0.15) is 10.6 Å². The maximum atomic E-state index is 6.68. The second-order valence-corrected chi connectivity index (χ2v) is 10.4. The monoisotopic (exact) mass is 444 g/mol. The first kappa shape index (κ1) is 21.6. The number of hydrogen-bond acceptors (Lipinski definition) is 6. The number of nitrogens with zero attached hydrogens (tertiary/aromatic N) is 2. The molecule has 0 bridgehead atoms. The molecule has 0 spiro atoms. The van der Waals surface area contributed by atoms with Gasteiger partial charge >= 0.3 is 0 Å². The molecule has 2 fully saturated rings. The highest BCUT2D eigenvalue weighted by Crippen LogP contribution is 2.48. The van der Waals surface area contributed by atoms with Crippen LogP contribution in [0.3, 0.4) is 0 Å².